The number of hydrogen-bond donors (Lipinski definition) is 0. The zero-order chi connectivity index (χ0) is 6.41. The molecular weight excluding hydrogens is 125 g/mol. The third-order valence-corrected chi connectivity index (χ3v) is 1.54. The van der Waals surface area contributed by atoms with Crippen molar-refractivity contribution in [2.45, 2.75) is 13.1 Å². The Balaban J connectivity index is 2.85. The quantitative estimate of drug-likeness (QED) is 0.546. The van der Waals surface area contributed by atoms with Gasteiger partial charge in [-0.1, -0.05) is 0 Å². The minimum absolute atomic E-state index is 0.397. The van der Waals surface area contributed by atoms with E-state index in [-0.39, 0.29) is 0 Å². The molecule has 0 N–H and O–H groups in total. The van der Waals surface area contributed by atoms with Crippen molar-refractivity contribution in [2.24, 2.45) is 0 Å². The van der Waals surface area contributed by atoms with Crippen LogP contribution in [0.2, 0.25) is 0 Å². The first-order chi connectivity index (χ1) is 3.77. The van der Waals surface area contributed by atoms with Gasteiger partial charge in [-0.3, -0.25) is 0 Å². The number of thioether (sulfide) groups is 1. The van der Waals surface area contributed by atoms with E-state index in [4.69, 9.17) is 5.26 Å². The Kier molecular flexibility index (Phi) is 4.78. The third kappa shape index (κ3) is 5.77. The van der Waals surface area contributed by atoms with Crippen LogP contribution in [0.3, 0.4) is 0 Å². The van der Waals surface area contributed by atoms with Crippen LogP contribution in [0.4, 0.5) is 4.39 Å². The Bertz CT molecular complexity index is 86.9. The topological polar surface area (TPSA) is 23.8 Å². The number of hydrogen-bond acceptors (Lipinski definition) is 2. The molecule has 0 aromatic heterocycles. The van der Waals surface area contributed by atoms with E-state index in [1.807, 2.05) is 6.07 Å². The van der Waals surface area contributed by atoms with E-state index in [0.29, 0.717) is 11.5 Å². The van der Waals surface area contributed by atoms with Crippen LogP contribution in [0.1, 0.15) is 6.92 Å². The fraction of sp³-hybridized carbons (Fsp3) is 0.800. The third-order valence-electron chi connectivity index (χ3n) is 0.514. The molecule has 0 aliphatic heterocycles. The summed E-state index contributed by atoms with van der Waals surface area (Å²) in [6.45, 7) is 1.49. The monoisotopic (exact) mass is 133 g/mol. The molecule has 3 heteroatoms. The summed E-state index contributed by atoms with van der Waals surface area (Å²) in [6, 6.07) is 1.92. The molecule has 0 aliphatic rings. The van der Waals surface area contributed by atoms with Crippen molar-refractivity contribution in [3.05, 3.63) is 0 Å². The normalized spacial score (nSPS) is 12.6. The van der Waals surface area contributed by atoms with Gasteiger partial charge in [0.1, 0.15) is 6.17 Å². The van der Waals surface area contributed by atoms with Gasteiger partial charge in [-0.15, -0.1) is 11.8 Å². The predicted molar refractivity (Wildman–Crippen MR) is 33.5 cm³/mol. The molecule has 0 spiro atoms. The SMILES string of the molecule is CC(F)CSCC#N. The summed E-state index contributed by atoms with van der Waals surface area (Å²) in [5, 5.41) is 7.99. The van der Waals surface area contributed by atoms with E-state index < -0.39 is 6.17 Å². The molecule has 0 saturated heterocycles. The Morgan fingerprint density at radius 1 is 1.88 bits per heavy atom. The van der Waals surface area contributed by atoms with Crippen LogP contribution in [0, 0.1) is 11.3 Å². The Morgan fingerprint density at radius 3 is 2.88 bits per heavy atom. The highest BCUT2D eigenvalue weighted by Gasteiger charge is 1.94. The van der Waals surface area contributed by atoms with Crippen molar-refractivity contribution in [3.63, 3.8) is 0 Å². The molecule has 0 fully saturated rings. The number of nitriles is 1. The summed E-state index contributed by atoms with van der Waals surface area (Å²) in [7, 11) is 0. The maximum atomic E-state index is 11.9. The highest BCUT2D eigenvalue weighted by atomic mass is 32.2. The number of halogens is 1. The molecule has 0 aliphatic carbocycles. The zero-order valence-electron chi connectivity index (χ0n) is 4.72. The summed E-state index contributed by atoms with van der Waals surface area (Å²) in [6.07, 6.45) is -0.784. The van der Waals surface area contributed by atoms with Gasteiger partial charge in [-0.25, -0.2) is 4.39 Å². The van der Waals surface area contributed by atoms with Crippen molar-refractivity contribution in [1.29, 1.82) is 5.26 Å². The first-order valence-electron chi connectivity index (χ1n) is 2.36. The van der Waals surface area contributed by atoms with Crippen LogP contribution < -0.4 is 0 Å². The smallest absolute Gasteiger partial charge is 0.106 e. The van der Waals surface area contributed by atoms with Crippen molar-refractivity contribution < 1.29 is 4.39 Å². The average molecular weight is 133 g/mol. The molecule has 0 aromatic rings. The van der Waals surface area contributed by atoms with E-state index in [0.717, 1.165) is 0 Å². The van der Waals surface area contributed by atoms with Crippen LogP contribution >= 0.6 is 11.8 Å². The second-order valence-corrected chi connectivity index (χ2v) is 2.48. The molecule has 0 radical (unpaired) electrons. The van der Waals surface area contributed by atoms with Gasteiger partial charge in [0, 0.05) is 5.75 Å². The molecule has 46 valence electrons. The first-order valence-corrected chi connectivity index (χ1v) is 3.51. The lowest BCUT2D eigenvalue weighted by molar-refractivity contribution is 0.398. The van der Waals surface area contributed by atoms with Crippen LogP contribution in [0.25, 0.3) is 0 Å². The van der Waals surface area contributed by atoms with Gasteiger partial charge < -0.3 is 0 Å². The minimum atomic E-state index is -0.784. The zero-order valence-corrected chi connectivity index (χ0v) is 5.54. The Hall–Kier alpha value is -0.230. The maximum absolute atomic E-state index is 11.9. The second-order valence-electron chi connectivity index (χ2n) is 1.45. The molecule has 0 saturated carbocycles. The lowest BCUT2D eigenvalue weighted by atomic mass is 10.5. The van der Waals surface area contributed by atoms with Gasteiger partial charge in [0.05, 0.1) is 11.8 Å². The van der Waals surface area contributed by atoms with Gasteiger partial charge in [-0.2, -0.15) is 5.26 Å². The summed E-state index contributed by atoms with van der Waals surface area (Å²) in [5.41, 5.74) is 0. The van der Waals surface area contributed by atoms with Crippen molar-refractivity contribution >= 4 is 11.8 Å². The van der Waals surface area contributed by atoms with E-state index >= 15 is 0 Å². The van der Waals surface area contributed by atoms with Crippen molar-refractivity contribution in [1.82, 2.24) is 0 Å². The van der Waals surface area contributed by atoms with Crippen molar-refractivity contribution in [3.8, 4) is 6.07 Å². The van der Waals surface area contributed by atoms with Crippen LogP contribution in [-0.2, 0) is 0 Å². The van der Waals surface area contributed by atoms with E-state index in [1.54, 1.807) is 0 Å². The molecule has 0 amide bonds. The number of nitrogens with zero attached hydrogens (tertiary/aromatic N) is 1. The molecular formula is C5H8FNS. The second kappa shape index (κ2) is 4.92. The minimum Gasteiger partial charge on any atom is -0.247 e. The molecule has 1 nitrogen and oxygen atoms in total. The first kappa shape index (κ1) is 7.77. The molecule has 8 heavy (non-hydrogen) atoms. The lowest BCUT2D eigenvalue weighted by Gasteiger charge is -1.94. The van der Waals surface area contributed by atoms with Crippen LogP contribution in [0.5, 0.6) is 0 Å². The molecule has 1 unspecified atom stereocenters. The van der Waals surface area contributed by atoms with Gasteiger partial charge in [-0.05, 0) is 6.92 Å². The number of rotatable bonds is 3. The highest BCUT2D eigenvalue weighted by Crippen LogP contribution is 2.02. The van der Waals surface area contributed by atoms with Crippen LogP contribution in [-0.4, -0.2) is 17.7 Å². The Labute approximate surface area is 52.9 Å². The van der Waals surface area contributed by atoms with E-state index in [2.05, 4.69) is 0 Å². The lowest BCUT2D eigenvalue weighted by Crippen LogP contribution is -1.95. The molecule has 0 aromatic carbocycles. The highest BCUT2D eigenvalue weighted by molar-refractivity contribution is 7.99. The van der Waals surface area contributed by atoms with Crippen molar-refractivity contribution in [2.75, 3.05) is 11.5 Å². The summed E-state index contributed by atoms with van der Waals surface area (Å²) < 4.78 is 11.9. The largest absolute Gasteiger partial charge is 0.247 e. The summed E-state index contributed by atoms with van der Waals surface area (Å²) in [5.74, 6) is 0.835. The van der Waals surface area contributed by atoms with Gasteiger partial charge in [0.15, 0.2) is 0 Å². The molecule has 0 rings (SSSR count). The van der Waals surface area contributed by atoms with Gasteiger partial charge in [0.25, 0.3) is 0 Å². The van der Waals surface area contributed by atoms with Gasteiger partial charge in [0.2, 0.25) is 0 Å². The molecule has 0 bridgehead atoms. The summed E-state index contributed by atoms with van der Waals surface area (Å²) in [4.78, 5) is 0. The predicted octanol–water partition coefficient (Wildman–Crippen LogP) is 1.60. The summed E-state index contributed by atoms with van der Waals surface area (Å²) >= 11 is 1.33. The molecule has 0 heterocycles. The standard InChI is InChI=1S/C5H8FNS/c1-5(6)4-8-3-2-7/h5H,3-4H2,1H3. The van der Waals surface area contributed by atoms with Crippen LogP contribution in [0.15, 0.2) is 0 Å². The molecule has 1 atom stereocenters. The maximum Gasteiger partial charge on any atom is 0.106 e. The van der Waals surface area contributed by atoms with E-state index in [1.165, 1.54) is 18.7 Å². The number of alkyl halides is 1. The fourth-order valence-electron chi connectivity index (χ4n) is 0.267. The van der Waals surface area contributed by atoms with E-state index in [9.17, 15) is 4.39 Å². The fourth-order valence-corrected chi connectivity index (χ4v) is 0.801. The average Bonchev–Trinajstić information content (AvgIpc) is 1.66. The Morgan fingerprint density at radius 2 is 2.50 bits per heavy atom. The van der Waals surface area contributed by atoms with Gasteiger partial charge >= 0.3 is 0 Å².